The Bertz CT molecular complexity index is 825. The zero-order chi connectivity index (χ0) is 18.0. The van der Waals surface area contributed by atoms with Crippen LogP contribution < -0.4 is 5.32 Å². The number of pyridine rings is 1. The number of rotatable bonds is 4. The van der Waals surface area contributed by atoms with Crippen molar-refractivity contribution in [3.8, 4) is 0 Å². The molecule has 0 saturated carbocycles. The molecule has 1 aliphatic rings. The zero-order valence-electron chi connectivity index (χ0n) is 14.2. The van der Waals surface area contributed by atoms with E-state index in [-0.39, 0.29) is 17.6 Å². The molecule has 1 amide bonds. The largest absolute Gasteiger partial charge is 0.464 e. The number of nitrogens with zero attached hydrogens (tertiary/aromatic N) is 2. The first-order valence-corrected chi connectivity index (χ1v) is 9.04. The van der Waals surface area contributed by atoms with Crippen LogP contribution in [0.2, 0.25) is 0 Å². The van der Waals surface area contributed by atoms with Crippen LogP contribution in [0.4, 0.5) is 5.69 Å². The van der Waals surface area contributed by atoms with Gasteiger partial charge in [-0.3, -0.25) is 4.79 Å². The third-order valence-corrected chi connectivity index (χ3v) is 4.86. The molecule has 1 aliphatic heterocycles. The highest BCUT2D eigenvalue weighted by Crippen LogP contribution is 2.28. The Morgan fingerprint density at radius 2 is 2.20 bits per heavy atom. The molecule has 0 spiro atoms. The van der Waals surface area contributed by atoms with Crippen molar-refractivity contribution in [2.75, 3.05) is 25.5 Å². The van der Waals surface area contributed by atoms with Gasteiger partial charge in [0.2, 0.25) is 5.91 Å². The first kappa shape index (κ1) is 17.7. The molecule has 7 heteroatoms. The molecule has 1 fully saturated rings. The van der Waals surface area contributed by atoms with Crippen LogP contribution in [-0.2, 0) is 9.53 Å². The molecule has 2 heterocycles. The number of aromatic nitrogens is 1. The number of ether oxygens (including phenoxy) is 1. The Morgan fingerprint density at radius 1 is 1.40 bits per heavy atom. The highest BCUT2D eigenvalue weighted by Gasteiger charge is 2.26. The van der Waals surface area contributed by atoms with Crippen LogP contribution in [0, 0.1) is 0 Å². The Balaban J connectivity index is 1.92. The topological polar surface area (TPSA) is 71.5 Å². The van der Waals surface area contributed by atoms with E-state index in [0.717, 1.165) is 28.5 Å². The summed E-state index contributed by atoms with van der Waals surface area (Å²) in [5, 5.41) is 4.40. The van der Waals surface area contributed by atoms with Crippen molar-refractivity contribution >= 4 is 44.4 Å². The molecule has 2 aromatic rings. The lowest BCUT2D eigenvalue weighted by Gasteiger charge is -2.18. The molecule has 0 bridgehead atoms. The van der Waals surface area contributed by atoms with E-state index in [1.54, 1.807) is 6.07 Å². The summed E-state index contributed by atoms with van der Waals surface area (Å²) in [5.74, 6) is -0.302. The third kappa shape index (κ3) is 3.76. The maximum Gasteiger partial charge on any atom is 0.356 e. The van der Waals surface area contributed by atoms with Gasteiger partial charge in [0, 0.05) is 41.1 Å². The number of carbonyl (C=O) groups is 2. The number of carbonyl (C=O) groups excluding carboxylic acids is 2. The Morgan fingerprint density at radius 3 is 2.92 bits per heavy atom. The van der Waals surface area contributed by atoms with E-state index in [9.17, 15) is 9.59 Å². The summed E-state index contributed by atoms with van der Waals surface area (Å²) < 4.78 is 5.74. The zero-order valence-corrected chi connectivity index (χ0v) is 15.8. The minimum Gasteiger partial charge on any atom is -0.464 e. The smallest absolute Gasteiger partial charge is 0.356 e. The highest BCUT2D eigenvalue weighted by molar-refractivity contribution is 9.10. The lowest BCUT2D eigenvalue weighted by Crippen LogP contribution is -2.31. The van der Waals surface area contributed by atoms with Gasteiger partial charge in [-0.05, 0) is 30.7 Å². The highest BCUT2D eigenvalue weighted by atomic mass is 79.9. The van der Waals surface area contributed by atoms with E-state index < -0.39 is 5.97 Å². The molecule has 1 aromatic heterocycles. The fourth-order valence-corrected chi connectivity index (χ4v) is 3.44. The second-order valence-electron chi connectivity index (χ2n) is 6.03. The van der Waals surface area contributed by atoms with Gasteiger partial charge in [0.15, 0.2) is 5.69 Å². The van der Waals surface area contributed by atoms with Crippen molar-refractivity contribution in [3.63, 3.8) is 0 Å². The van der Waals surface area contributed by atoms with E-state index in [4.69, 9.17) is 4.74 Å². The minimum atomic E-state index is -0.470. The first-order valence-electron chi connectivity index (χ1n) is 8.24. The number of fused-ring (bicyclic) bond motifs is 1. The van der Waals surface area contributed by atoms with Crippen molar-refractivity contribution in [1.29, 1.82) is 0 Å². The van der Waals surface area contributed by atoms with E-state index in [1.165, 1.54) is 7.11 Å². The number of esters is 1. The molecule has 1 saturated heterocycles. The number of anilines is 1. The summed E-state index contributed by atoms with van der Waals surface area (Å²) >= 11 is 3.48. The van der Waals surface area contributed by atoms with E-state index >= 15 is 0 Å². The maximum atomic E-state index is 11.9. The molecule has 25 heavy (non-hydrogen) atoms. The number of methoxy groups -OCH3 is 1. The number of benzene rings is 1. The van der Waals surface area contributed by atoms with Crippen LogP contribution in [-0.4, -0.2) is 48.0 Å². The van der Waals surface area contributed by atoms with Crippen LogP contribution in [0.25, 0.3) is 10.9 Å². The minimum absolute atomic E-state index is 0.144. The van der Waals surface area contributed by atoms with Gasteiger partial charge >= 0.3 is 5.97 Å². The molecule has 0 radical (unpaired) electrons. The maximum absolute atomic E-state index is 11.9. The van der Waals surface area contributed by atoms with Gasteiger partial charge < -0.3 is 15.0 Å². The second-order valence-corrected chi connectivity index (χ2v) is 6.95. The van der Waals surface area contributed by atoms with Crippen LogP contribution in [0.1, 0.15) is 30.3 Å². The summed E-state index contributed by atoms with van der Waals surface area (Å²) in [6, 6.07) is 7.57. The number of likely N-dealkylation sites (tertiary alicyclic amines) is 1. The lowest BCUT2D eigenvalue weighted by molar-refractivity contribution is -0.129. The third-order valence-electron chi connectivity index (χ3n) is 4.37. The van der Waals surface area contributed by atoms with Crippen LogP contribution in [0.15, 0.2) is 28.7 Å². The molecular weight excluding hydrogens is 386 g/mol. The van der Waals surface area contributed by atoms with Crippen LogP contribution >= 0.6 is 15.9 Å². The molecule has 1 aromatic carbocycles. The Kier molecular flexibility index (Phi) is 5.22. The van der Waals surface area contributed by atoms with Crippen LogP contribution in [0.3, 0.4) is 0 Å². The number of amides is 1. The van der Waals surface area contributed by atoms with Gasteiger partial charge in [-0.2, -0.15) is 0 Å². The molecule has 6 nitrogen and oxygen atoms in total. The fourth-order valence-electron chi connectivity index (χ4n) is 3.07. The second kappa shape index (κ2) is 7.39. The summed E-state index contributed by atoms with van der Waals surface area (Å²) in [6.07, 6.45) is 1.39. The number of hydrogen-bond acceptors (Lipinski definition) is 5. The van der Waals surface area contributed by atoms with Crippen molar-refractivity contribution < 1.29 is 14.3 Å². The summed E-state index contributed by atoms with van der Waals surface area (Å²) in [6.45, 7) is 3.29. The van der Waals surface area contributed by atoms with Crippen molar-refractivity contribution in [3.05, 3.63) is 34.4 Å². The number of halogens is 1. The SMILES string of the molecule is CCC(=O)N1CCC(Nc2cc(C(=O)OC)nc3ccc(Br)cc23)C1. The molecule has 1 atom stereocenters. The average Bonchev–Trinajstić information content (AvgIpc) is 3.09. The Labute approximate surface area is 154 Å². The van der Waals surface area contributed by atoms with E-state index in [1.807, 2.05) is 30.0 Å². The standard InChI is InChI=1S/C18H20BrN3O3/c1-3-17(23)22-7-6-12(10-22)20-15-9-16(18(24)25-2)21-14-5-4-11(19)8-13(14)15/h4-5,8-9,12H,3,6-7,10H2,1-2H3,(H,20,21). The number of nitrogens with one attached hydrogen (secondary N) is 1. The molecule has 0 aliphatic carbocycles. The van der Waals surface area contributed by atoms with Gasteiger partial charge in [0.05, 0.1) is 12.6 Å². The predicted molar refractivity (Wildman–Crippen MR) is 99.7 cm³/mol. The molecule has 132 valence electrons. The Hall–Kier alpha value is -2.15. The molecule has 1 N–H and O–H groups in total. The summed E-state index contributed by atoms with van der Waals surface area (Å²) in [5.41, 5.74) is 1.80. The average molecular weight is 406 g/mol. The van der Waals surface area contributed by atoms with Gasteiger partial charge in [0.25, 0.3) is 0 Å². The molecular formula is C18H20BrN3O3. The van der Waals surface area contributed by atoms with Crippen molar-refractivity contribution in [2.24, 2.45) is 0 Å². The number of hydrogen-bond donors (Lipinski definition) is 1. The predicted octanol–water partition coefficient (Wildman–Crippen LogP) is 3.21. The molecule has 3 rings (SSSR count). The van der Waals surface area contributed by atoms with Crippen molar-refractivity contribution in [1.82, 2.24) is 9.88 Å². The van der Waals surface area contributed by atoms with Gasteiger partial charge in [0.1, 0.15) is 0 Å². The molecule has 1 unspecified atom stereocenters. The van der Waals surface area contributed by atoms with E-state index in [2.05, 4.69) is 26.2 Å². The van der Waals surface area contributed by atoms with Crippen molar-refractivity contribution in [2.45, 2.75) is 25.8 Å². The summed E-state index contributed by atoms with van der Waals surface area (Å²) in [4.78, 5) is 30.0. The normalized spacial score (nSPS) is 16.9. The van der Waals surface area contributed by atoms with E-state index in [0.29, 0.717) is 18.5 Å². The van der Waals surface area contributed by atoms with Gasteiger partial charge in [-0.15, -0.1) is 0 Å². The fraction of sp³-hybridized carbons (Fsp3) is 0.389. The summed E-state index contributed by atoms with van der Waals surface area (Å²) in [7, 11) is 1.34. The lowest BCUT2D eigenvalue weighted by atomic mass is 10.1. The van der Waals surface area contributed by atoms with Gasteiger partial charge in [-0.25, -0.2) is 9.78 Å². The first-order chi connectivity index (χ1) is 12.0. The van der Waals surface area contributed by atoms with Gasteiger partial charge in [-0.1, -0.05) is 22.9 Å². The monoisotopic (exact) mass is 405 g/mol. The quantitative estimate of drug-likeness (QED) is 0.790. The van der Waals surface area contributed by atoms with Crippen LogP contribution in [0.5, 0.6) is 0 Å².